The summed E-state index contributed by atoms with van der Waals surface area (Å²) in [6.45, 7) is 1.94. The summed E-state index contributed by atoms with van der Waals surface area (Å²) in [5.74, 6) is 0. The summed E-state index contributed by atoms with van der Waals surface area (Å²) in [6, 6.07) is 10.1. The van der Waals surface area contributed by atoms with Crippen molar-refractivity contribution in [3.63, 3.8) is 0 Å². The first-order valence-electron chi connectivity index (χ1n) is 6.25. The number of aryl methyl sites for hydroxylation is 1. The molecule has 0 bridgehead atoms. The van der Waals surface area contributed by atoms with E-state index in [4.69, 9.17) is 0 Å². The van der Waals surface area contributed by atoms with E-state index in [1.165, 1.54) is 0 Å². The van der Waals surface area contributed by atoms with E-state index >= 15 is 0 Å². The lowest BCUT2D eigenvalue weighted by Crippen LogP contribution is -2.26. The highest BCUT2D eigenvalue weighted by atomic mass is 16.3. The highest BCUT2D eigenvalue weighted by Crippen LogP contribution is 2.11. The van der Waals surface area contributed by atoms with Crippen LogP contribution in [0.1, 0.15) is 18.0 Å². The smallest absolute Gasteiger partial charge is 0.0945 e. The molecule has 1 aromatic carbocycles. The quantitative estimate of drug-likeness (QED) is 0.728. The van der Waals surface area contributed by atoms with Gasteiger partial charge in [0.05, 0.1) is 19.0 Å². The Labute approximate surface area is 107 Å². The molecule has 2 N–H and O–H groups in total. The molecule has 0 amide bonds. The van der Waals surface area contributed by atoms with E-state index in [-0.39, 0.29) is 12.6 Å². The molecule has 0 spiro atoms. The molecule has 1 atom stereocenters. The second-order valence-corrected chi connectivity index (χ2v) is 4.25. The van der Waals surface area contributed by atoms with Gasteiger partial charge >= 0.3 is 0 Å². The lowest BCUT2D eigenvalue weighted by atomic mass is 10.1. The predicted molar refractivity (Wildman–Crippen MR) is 71.1 cm³/mol. The van der Waals surface area contributed by atoms with Crippen LogP contribution >= 0.6 is 0 Å². The number of aliphatic hydroxyl groups excluding tert-OH is 1. The van der Waals surface area contributed by atoms with Crippen LogP contribution in [0.3, 0.4) is 0 Å². The molecule has 0 saturated carbocycles. The number of aliphatic hydroxyl groups is 1. The van der Waals surface area contributed by atoms with Crippen molar-refractivity contribution < 1.29 is 5.11 Å². The normalized spacial score (nSPS) is 12.5. The van der Waals surface area contributed by atoms with Gasteiger partial charge in [0, 0.05) is 18.9 Å². The Kier molecular flexibility index (Phi) is 4.93. The molecule has 96 valence electrons. The van der Waals surface area contributed by atoms with E-state index in [9.17, 15) is 5.11 Å². The fraction of sp³-hybridized carbons (Fsp3) is 0.357. The van der Waals surface area contributed by atoms with Crippen LogP contribution in [0.15, 0.2) is 49.1 Å². The summed E-state index contributed by atoms with van der Waals surface area (Å²) in [5, 5.41) is 12.7. The average Bonchev–Trinajstić information content (AvgIpc) is 2.93. The van der Waals surface area contributed by atoms with Crippen molar-refractivity contribution in [3.05, 3.63) is 54.6 Å². The molecule has 18 heavy (non-hydrogen) atoms. The molecule has 2 rings (SSSR count). The molecule has 0 fully saturated rings. The molecule has 4 nitrogen and oxygen atoms in total. The molecular weight excluding hydrogens is 226 g/mol. The van der Waals surface area contributed by atoms with Gasteiger partial charge in [-0.25, -0.2) is 4.98 Å². The van der Waals surface area contributed by atoms with Gasteiger partial charge in [-0.1, -0.05) is 30.3 Å². The highest BCUT2D eigenvalue weighted by molar-refractivity contribution is 5.18. The van der Waals surface area contributed by atoms with E-state index in [0.29, 0.717) is 0 Å². The largest absolute Gasteiger partial charge is 0.394 e. The van der Waals surface area contributed by atoms with E-state index in [2.05, 4.69) is 14.9 Å². The third-order valence-electron chi connectivity index (χ3n) is 2.93. The molecule has 0 aliphatic heterocycles. The molecule has 0 radical (unpaired) electrons. The standard InChI is InChI=1S/C14H19N3O/c18-11-14(13-5-2-1-3-6-13)16-7-4-9-17-10-8-15-12-17/h1-3,5-6,8,10,12,14,16,18H,4,7,9,11H2. The van der Waals surface area contributed by atoms with Crippen LogP contribution in [0.5, 0.6) is 0 Å². The summed E-state index contributed by atoms with van der Waals surface area (Å²) in [6.07, 6.45) is 6.58. The van der Waals surface area contributed by atoms with Gasteiger partial charge in [-0.3, -0.25) is 0 Å². The number of rotatable bonds is 7. The first-order chi connectivity index (χ1) is 8.90. The van der Waals surface area contributed by atoms with Gasteiger partial charge in [-0.05, 0) is 18.5 Å². The van der Waals surface area contributed by atoms with E-state index in [1.54, 1.807) is 6.20 Å². The van der Waals surface area contributed by atoms with Crippen LogP contribution in [0, 0.1) is 0 Å². The molecule has 1 unspecified atom stereocenters. The summed E-state index contributed by atoms with van der Waals surface area (Å²) >= 11 is 0. The second-order valence-electron chi connectivity index (χ2n) is 4.25. The van der Waals surface area contributed by atoms with Crippen LogP contribution in [0.2, 0.25) is 0 Å². The molecule has 2 aromatic rings. The Morgan fingerprint density at radius 1 is 1.28 bits per heavy atom. The van der Waals surface area contributed by atoms with Crippen molar-refractivity contribution in [2.24, 2.45) is 0 Å². The zero-order valence-electron chi connectivity index (χ0n) is 10.4. The number of imidazole rings is 1. The van der Waals surface area contributed by atoms with Crippen LogP contribution in [0.25, 0.3) is 0 Å². The Bertz CT molecular complexity index is 428. The third-order valence-corrected chi connectivity index (χ3v) is 2.93. The maximum Gasteiger partial charge on any atom is 0.0945 e. The van der Waals surface area contributed by atoms with Crippen molar-refractivity contribution >= 4 is 0 Å². The molecule has 1 aromatic heterocycles. The maximum atomic E-state index is 9.39. The first-order valence-corrected chi connectivity index (χ1v) is 6.25. The molecule has 0 saturated heterocycles. The Morgan fingerprint density at radius 3 is 2.78 bits per heavy atom. The van der Waals surface area contributed by atoms with Crippen molar-refractivity contribution in [3.8, 4) is 0 Å². The Morgan fingerprint density at radius 2 is 2.11 bits per heavy atom. The SMILES string of the molecule is OCC(NCCCn1ccnc1)c1ccccc1. The second kappa shape index (κ2) is 6.93. The first kappa shape index (κ1) is 12.8. The zero-order valence-corrected chi connectivity index (χ0v) is 10.4. The van der Waals surface area contributed by atoms with Crippen LogP contribution in [-0.4, -0.2) is 27.8 Å². The van der Waals surface area contributed by atoms with Crippen LogP contribution in [-0.2, 0) is 6.54 Å². The highest BCUT2D eigenvalue weighted by Gasteiger charge is 2.07. The monoisotopic (exact) mass is 245 g/mol. The van der Waals surface area contributed by atoms with Crippen molar-refractivity contribution in [1.82, 2.24) is 14.9 Å². The summed E-state index contributed by atoms with van der Waals surface area (Å²) in [5.41, 5.74) is 1.13. The van der Waals surface area contributed by atoms with Crippen LogP contribution in [0.4, 0.5) is 0 Å². The van der Waals surface area contributed by atoms with Crippen molar-refractivity contribution in [2.75, 3.05) is 13.2 Å². The number of hydrogen-bond donors (Lipinski definition) is 2. The summed E-state index contributed by atoms with van der Waals surface area (Å²) in [7, 11) is 0. The minimum atomic E-state index is 0.0222. The molecule has 4 heteroatoms. The number of nitrogens with zero attached hydrogens (tertiary/aromatic N) is 2. The minimum absolute atomic E-state index is 0.0222. The number of nitrogens with one attached hydrogen (secondary N) is 1. The van der Waals surface area contributed by atoms with Gasteiger partial charge < -0.3 is 15.0 Å². The summed E-state index contributed by atoms with van der Waals surface area (Å²) < 4.78 is 2.05. The molecule has 0 aliphatic carbocycles. The van der Waals surface area contributed by atoms with Gasteiger partial charge in [0.2, 0.25) is 0 Å². The number of benzene rings is 1. The maximum absolute atomic E-state index is 9.39. The lowest BCUT2D eigenvalue weighted by Gasteiger charge is -2.16. The van der Waals surface area contributed by atoms with Gasteiger partial charge in [-0.15, -0.1) is 0 Å². The van der Waals surface area contributed by atoms with Gasteiger partial charge in [0.15, 0.2) is 0 Å². The zero-order chi connectivity index (χ0) is 12.6. The summed E-state index contributed by atoms with van der Waals surface area (Å²) in [4.78, 5) is 4.00. The van der Waals surface area contributed by atoms with Crippen molar-refractivity contribution in [1.29, 1.82) is 0 Å². The lowest BCUT2D eigenvalue weighted by molar-refractivity contribution is 0.244. The topological polar surface area (TPSA) is 50.1 Å². The predicted octanol–water partition coefficient (Wildman–Crippen LogP) is 1.60. The number of aromatic nitrogens is 2. The van der Waals surface area contributed by atoms with E-state index < -0.39 is 0 Å². The van der Waals surface area contributed by atoms with Crippen LogP contribution < -0.4 is 5.32 Å². The average molecular weight is 245 g/mol. The molecular formula is C14H19N3O. The molecule has 1 heterocycles. The fourth-order valence-corrected chi connectivity index (χ4v) is 1.93. The minimum Gasteiger partial charge on any atom is -0.394 e. The Balaban J connectivity index is 1.74. The van der Waals surface area contributed by atoms with Gasteiger partial charge in [-0.2, -0.15) is 0 Å². The number of hydrogen-bond acceptors (Lipinski definition) is 3. The van der Waals surface area contributed by atoms with Gasteiger partial charge in [0.25, 0.3) is 0 Å². The van der Waals surface area contributed by atoms with E-state index in [0.717, 1.165) is 25.1 Å². The third kappa shape index (κ3) is 3.68. The Hall–Kier alpha value is -1.65. The van der Waals surface area contributed by atoms with Crippen molar-refractivity contribution in [2.45, 2.75) is 19.0 Å². The van der Waals surface area contributed by atoms with E-state index in [1.807, 2.05) is 42.9 Å². The van der Waals surface area contributed by atoms with Gasteiger partial charge in [0.1, 0.15) is 0 Å². The molecule has 0 aliphatic rings. The fourth-order valence-electron chi connectivity index (χ4n) is 1.93.